The second kappa shape index (κ2) is 3.64. The molecule has 0 radical (unpaired) electrons. The van der Waals surface area contributed by atoms with Crippen molar-refractivity contribution in [3.8, 4) is 0 Å². The van der Waals surface area contributed by atoms with E-state index in [1.54, 1.807) is 0 Å². The monoisotopic (exact) mass is 251 g/mol. The standard InChI is InChI=1S/C9H6F5N3/c1-4-2-3-5(6(10)11)17-7(4)15-8(16-17)9(12,13)14/h2-3,6H,1H3. The number of nitrogens with zero attached hydrogens (tertiary/aromatic N) is 3. The molecule has 0 fully saturated rings. The van der Waals surface area contributed by atoms with Crippen LogP contribution in [-0.2, 0) is 6.18 Å². The van der Waals surface area contributed by atoms with Crippen molar-refractivity contribution in [3.63, 3.8) is 0 Å². The van der Waals surface area contributed by atoms with Gasteiger partial charge in [0.25, 0.3) is 12.2 Å². The molecule has 0 amide bonds. The van der Waals surface area contributed by atoms with Crippen molar-refractivity contribution in [2.75, 3.05) is 0 Å². The fraction of sp³-hybridized carbons (Fsp3) is 0.333. The van der Waals surface area contributed by atoms with Gasteiger partial charge in [-0.05, 0) is 18.6 Å². The summed E-state index contributed by atoms with van der Waals surface area (Å²) in [6, 6.07) is 2.31. The van der Waals surface area contributed by atoms with Crippen LogP contribution in [0.1, 0.15) is 23.5 Å². The van der Waals surface area contributed by atoms with E-state index in [1.807, 2.05) is 0 Å². The molecule has 92 valence electrons. The maximum Gasteiger partial charge on any atom is 0.453 e. The molecule has 0 aromatic carbocycles. The number of hydrogen-bond donors (Lipinski definition) is 0. The number of aryl methyl sites for hydroxylation is 1. The summed E-state index contributed by atoms with van der Waals surface area (Å²) in [7, 11) is 0. The second-order valence-electron chi connectivity index (χ2n) is 3.41. The number of hydrogen-bond acceptors (Lipinski definition) is 2. The molecule has 0 aliphatic heterocycles. The number of halogens is 5. The molecule has 0 saturated heterocycles. The van der Waals surface area contributed by atoms with Crippen molar-refractivity contribution in [1.29, 1.82) is 0 Å². The van der Waals surface area contributed by atoms with Crippen LogP contribution in [0.5, 0.6) is 0 Å². The highest BCUT2D eigenvalue weighted by molar-refractivity contribution is 5.48. The van der Waals surface area contributed by atoms with Gasteiger partial charge in [-0.1, -0.05) is 6.07 Å². The molecule has 2 heterocycles. The quantitative estimate of drug-likeness (QED) is 0.729. The van der Waals surface area contributed by atoms with Crippen LogP contribution in [0.15, 0.2) is 12.1 Å². The average Bonchev–Trinajstić information content (AvgIpc) is 2.62. The molecule has 2 rings (SSSR count). The Balaban J connectivity index is 2.74. The molecule has 0 saturated carbocycles. The van der Waals surface area contributed by atoms with Crippen LogP contribution in [0.2, 0.25) is 0 Å². The Labute approximate surface area is 91.9 Å². The molecule has 0 spiro atoms. The van der Waals surface area contributed by atoms with Crippen LogP contribution >= 0.6 is 0 Å². The second-order valence-corrected chi connectivity index (χ2v) is 3.41. The summed E-state index contributed by atoms with van der Waals surface area (Å²) >= 11 is 0. The Bertz CT molecular complexity index is 557. The number of pyridine rings is 1. The van der Waals surface area contributed by atoms with E-state index in [4.69, 9.17) is 0 Å². The summed E-state index contributed by atoms with van der Waals surface area (Å²) in [5.74, 6) is -1.42. The van der Waals surface area contributed by atoms with E-state index in [9.17, 15) is 22.0 Å². The third-order valence-electron chi connectivity index (χ3n) is 2.19. The summed E-state index contributed by atoms with van der Waals surface area (Å²) in [6.07, 6.45) is -7.67. The predicted molar refractivity (Wildman–Crippen MR) is 47.7 cm³/mol. The third-order valence-corrected chi connectivity index (χ3v) is 2.19. The van der Waals surface area contributed by atoms with Crippen LogP contribution in [0, 0.1) is 6.92 Å². The molecule has 17 heavy (non-hydrogen) atoms. The van der Waals surface area contributed by atoms with Crippen molar-refractivity contribution >= 4 is 5.65 Å². The van der Waals surface area contributed by atoms with Crippen LogP contribution < -0.4 is 0 Å². The molecule has 0 aliphatic carbocycles. The Morgan fingerprint density at radius 1 is 1.24 bits per heavy atom. The van der Waals surface area contributed by atoms with Crippen LogP contribution in [0.25, 0.3) is 5.65 Å². The summed E-state index contributed by atoms with van der Waals surface area (Å²) in [6.45, 7) is 1.47. The van der Waals surface area contributed by atoms with Crippen molar-refractivity contribution in [3.05, 3.63) is 29.2 Å². The first-order chi connectivity index (χ1) is 7.80. The highest BCUT2D eigenvalue weighted by atomic mass is 19.4. The zero-order valence-corrected chi connectivity index (χ0v) is 8.46. The lowest BCUT2D eigenvalue weighted by Crippen LogP contribution is -2.08. The van der Waals surface area contributed by atoms with Crippen molar-refractivity contribution in [1.82, 2.24) is 14.6 Å². The van der Waals surface area contributed by atoms with E-state index in [1.165, 1.54) is 13.0 Å². The summed E-state index contributed by atoms with van der Waals surface area (Å²) in [5.41, 5.74) is -0.485. The van der Waals surface area contributed by atoms with E-state index >= 15 is 0 Å². The zero-order valence-electron chi connectivity index (χ0n) is 8.46. The molecule has 0 N–H and O–H groups in total. The van der Waals surface area contributed by atoms with Crippen LogP contribution in [0.3, 0.4) is 0 Å². The zero-order chi connectivity index (χ0) is 12.8. The Kier molecular flexibility index (Phi) is 2.52. The van der Waals surface area contributed by atoms with Gasteiger partial charge in [0.05, 0.1) is 0 Å². The van der Waals surface area contributed by atoms with Gasteiger partial charge in [0.2, 0.25) is 0 Å². The van der Waals surface area contributed by atoms with Gasteiger partial charge in [-0.25, -0.2) is 18.3 Å². The topological polar surface area (TPSA) is 30.2 Å². The SMILES string of the molecule is Cc1ccc(C(F)F)n2nc(C(F)(F)F)nc12. The minimum atomic E-state index is -4.75. The highest BCUT2D eigenvalue weighted by Gasteiger charge is 2.37. The van der Waals surface area contributed by atoms with Crippen LogP contribution in [-0.4, -0.2) is 14.6 Å². The van der Waals surface area contributed by atoms with Gasteiger partial charge in [-0.3, -0.25) is 0 Å². The number of aromatic nitrogens is 3. The molecule has 3 nitrogen and oxygen atoms in total. The normalized spacial score (nSPS) is 12.6. The maximum atomic E-state index is 12.6. The number of alkyl halides is 5. The molecule has 0 bridgehead atoms. The number of fused-ring (bicyclic) bond motifs is 1. The predicted octanol–water partition coefficient (Wildman–Crippen LogP) is 2.99. The largest absolute Gasteiger partial charge is 0.453 e. The minimum Gasteiger partial charge on any atom is -0.211 e. The average molecular weight is 251 g/mol. The van der Waals surface area contributed by atoms with Gasteiger partial charge in [0, 0.05) is 0 Å². The summed E-state index contributed by atoms with van der Waals surface area (Å²) in [5, 5.41) is 3.07. The highest BCUT2D eigenvalue weighted by Crippen LogP contribution is 2.28. The van der Waals surface area contributed by atoms with Gasteiger partial charge < -0.3 is 0 Å². The lowest BCUT2D eigenvalue weighted by atomic mass is 10.2. The lowest BCUT2D eigenvalue weighted by molar-refractivity contribution is -0.144. The summed E-state index contributed by atoms with van der Waals surface area (Å²) in [4.78, 5) is 3.22. The molecule has 0 aliphatic rings. The van der Waals surface area contributed by atoms with E-state index < -0.39 is 24.1 Å². The van der Waals surface area contributed by atoms with Crippen molar-refractivity contribution in [2.45, 2.75) is 19.5 Å². The van der Waals surface area contributed by atoms with E-state index in [0.717, 1.165) is 6.07 Å². The van der Waals surface area contributed by atoms with Gasteiger partial charge in [-0.2, -0.15) is 13.2 Å². The number of rotatable bonds is 1. The van der Waals surface area contributed by atoms with Gasteiger partial charge in [-0.15, -0.1) is 5.10 Å². The first kappa shape index (κ1) is 11.7. The van der Waals surface area contributed by atoms with Gasteiger partial charge in [0.1, 0.15) is 5.69 Å². The fourth-order valence-electron chi connectivity index (χ4n) is 1.39. The van der Waals surface area contributed by atoms with Gasteiger partial charge >= 0.3 is 6.18 Å². The maximum absolute atomic E-state index is 12.6. The minimum absolute atomic E-state index is 0.213. The first-order valence-electron chi connectivity index (χ1n) is 4.52. The fourth-order valence-corrected chi connectivity index (χ4v) is 1.39. The molecule has 0 unspecified atom stereocenters. The van der Waals surface area contributed by atoms with Crippen LogP contribution in [0.4, 0.5) is 22.0 Å². The van der Waals surface area contributed by atoms with Crippen molar-refractivity contribution < 1.29 is 22.0 Å². The van der Waals surface area contributed by atoms with E-state index in [2.05, 4.69) is 10.1 Å². The molecule has 2 aromatic rings. The Morgan fingerprint density at radius 2 is 1.88 bits per heavy atom. The molecule has 2 aromatic heterocycles. The Hall–Kier alpha value is -1.73. The summed E-state index contributed by atoms with van der Waals surface area (Å²) < 4.78 is 62.8. The van der Waals surface area contributed by atoms with Crippen molar-refractivity contribution in [2.24, 2.45) is 0 Å². The lowest BCUT2D eigenvalue weighted by Gasteiger charge is -2.03. The van der Waals surface area contributed by atoms with E-state index in [-0.39, 0.29) is 5.65 Å². The molecule has 8 heteroatoms. The smallest absolute Gasteiger partial charge is 0.211 e. The molecular weight excluding hydrogens is 245 g/mol. The van der Waals surface area contributed by atoms with Gasteiger partial charge in [0.15, 0.2) is 5.65 Å². The molecular formula is C9H6F5N3. The van der Waals surface area contributed by atoms with E-state index in [0.29, 0.717) is 10.1 Å². The Morgan fingerprint density at radius 3 is 2.41 bits per heavy atom. The molecule has 0 atom stereocenters. The third kappa shape index (κ3) is 1.94. The first-order valence-corrected chi connectivity index (χ1v) is 4.52.